The summed E-state index contributed by atoms with van der Waals surface area (Å²) in [5.74, 6) is 5.91. The van der Waals surface area contributed by atoms with Gasteiger partial charge in [-0.1, -0.05) is 46.3 Å². The Labute approximate surface area is 161 Å². The van der Waals surface area contributed by atoms with Crippen LogP contribution in [0.15, 0.2) is 48.5 Å². The molecule has 0 saturated heterocycles. The van der Waals surface area contributed by atoms with E-state index in [-0.39, 0.29) is 29.2 Å². The molecule has 0 radical (unpaired) electrons. The van der Waals surface area contributed by atoms with Crippen LogP contribution >= 0.6 is 15.9 Å². The fraction of sp³-hybridized carbons (Fsp3) is 0.235. The number of alkyl halides is 1. The number of rotatable bonds is 8. The van der Waals surface area contributed by atoms with Gasteiger partial charge < -0.3 is 4.74 Å². The summed E-state index contributed by atoms with van der Waals surface area (Å²) in [6.45, 7) is 0.232. The number of carbonyl (C=O) groups is 1. The largest absolute Gasteiger partial charge is 0.487 e. The number of carbonyl (C=O) groups excluding carboxylic acids is 1. The molecule has 0 saturated carbocycles. The van der Waals surface area contributed by atoms with Crippen molar-refractivity contribution >= 4 is 37.6 Å². The van der Waals surface area contributed by atoms with Crippen LogP contribution in [-0.2, 0) is 16.8 Å². The van der Waals surface area contributed by atoms with Crippen LogP contribution in [0.1, 0.15) is 15.9 Å². The molecular weight excluding hydrogens is 422 g/mol. The Morgan fingerprint density at radius 3 is 2.38 bits per heavy atom. The van der Waals surface area contributed by atoms with E-state index in [0.717, 1.165) is 9.87 Å². The fourth-order valence-electron chi connectivity index (χ4n) is 2.10. The van der Waals surface area contributed by atoms with Gasteiger partial charge in [-0.15, -0.1) is 0 Å². The maximum atomic E-state index is 12.4. The molecule has 2 rings (SSSR count). The summed E-state index contributed by atoms with van der Waals surface area (Å²) in [7, 11) is -1.21. The summed E-state index contributed by atoms with van der Waals surface area (Å²) in [6, 6.07) is 13.9. The Balaban J connectivity index is 2.41. The van der Waals surface area contributed by atoms with Crippen molar-refractivity contribution in [2.24, 2.45) is 5.84 Å². The third-order valence-electron chi connectivity index (χ3n) is 3.59. The predicted molar refractivity (Wildman–Crippen MR) is 105 cm³/mol. The van der Waals surface area contributed by atoms with Crippen molar-refractivity contribution in [2.45, 2.75) is 6.61 Å². The van der Waals surface area contributed by atoms with Crippen molar-refractivity contribution in [1.29, 1.82) is 0 Å². The molecule has 0 unspecified atom stereocenters. The molecule has 2 N–H and O–H groups in total. The molecule has 2 aromatic rings. The van der Waals surface area contributed by atoms with Crippen LogP contribution in [0.3, 0.4) is 0 Å². The number of ether oxygens (including phenoxy) is 1. The molecule has 140 valence electrons. The van der Waals surface area contributed by atoms with E-state index in [1.54, 1.807) is 12.1 Å². The number of nitrogens with two attached hydrogens (primary N) is 1. The third-order valence-corrected chi connectivity index (χ3v) is 5.71. The van der Waals surface area contributed by atoms with Crippen molar-refractivity contribution in [3.63, 3.8) is 0 Å². The predicted octanol–water partition coefficient (Wildman–Crippen LogP) is 2.33. The van der Waals surface area contributed by atoms with Crippen molar-refractivity contribution in [3.8, 4) is 5.75 Å². The normalized spacial score (nSPS) is 11.4. The summed E-state index contributed by atoms with van der Waals surface area (Å²) in [6.07, 6.45) is 0. The van der Waals surface area contributed by atoms with Gasteiger partial charge in [0, 0.05) is 19.7 Å². The highest BCUT2D eigenvalue weighted by Gasteiger charge is 2.26. The van der Waals surface area contributed by atoms with Gasteiger partial charge in [-0.2, -0.15) is 17.1 Å². The topological polar surface area (TPSA) is 92.9 Å². The lowest BCUT2D eigenvalue weighted by Gasteiger charge is -2.25. The van der Waals surface area contributed by atoms with Gasteiger partial charge in [0.15, 0.2) is 5.78 Å². The SMILES string of the molecule is CN(C)S(=O)(=O)N(N)c1cc(C(=O)CBr)ccc1OCc1ccccc1. The van der Waals surface area contributed by atoms with Crippen LogP contribution in [0.25, 0.3) is 0 Å². The highest BCUT2D eigenvalue weighted by Crippen LogP contribution is 2.31. The van der Waals surface area contributed by atoms with Gasteiger partial charge in [0.25, 0.3) is 0 Å². The van der Waals surface area contributed by atoms with Crippen molar-refractivity contribution in [2.75, 3.05) is 23.8 Å². The van der Waals surface area contributed by atoms with Gasteiger partial charge in [0.1, 0.15) is 18.0 Å². The van der Waals surface area contributed by atoms with Crippen molar-refractivity contribution < 1.29 is 17.9 Å². The van der Waals surface area contributed by atoms with Crippen LogP contribution in [0.5, 0.6) is 5.75 Å². The first kappa shape index (κ1) is 20.4. The van der Waals surface area contributed by atoms with Crippen LogP contribution in [-0.4, -0.2) is 37.9 Å². The number of ketones is 1. The summed E-state index contributed by atoms with van der Waals surface area (Å²) < 4.78 is 32.1. The highest BCUT2D eigenvalue weighted by molar-refractivity contribution is 9.09. The Morgan fingerprint density at radius 2 is 1.81 bits per heavy atom. The summed E-state index contributed by atoms with van der Waals surface area (Å²) in [5, 5.41) is 0.113. The van der Waals surface area contributed by atoms with Gasteiger partial charge >= 0.3 is 10.2 Å². The van der Waals surface area contributed by atoms with E-state index >= 15 is 0 Å². The number of nitrogens with zero attached hydrogens (tertiary/aromatic N) is 2. The molecule has 0 aromatic heterocycles. The van der Waals surface area contributed by atoms with E-state index in [1.807, 2.05) is 30.3 Å². The first-order chi connectivity index (χ1) is 12.3. The third kappa shape index (κ3) is 4.61. The van der Waals surface area contributed by atoms with Gasteiger partial charge in [-0.05, 0) is 23.8 Å². The molecule has 2 aromatic carbocycles. The number of anilines is 1. The van der Waals surface area contributed by atoms with E-state index < -0.39 is 10.2 Å². The van der Waals surface area contributed by atoms with Crippen LogP contribution in [0.4, 0.5) is 5.69 Å². The zero-order valence-corrected chi connectivity index (χ0v) is 16.8. The molecule has 0 aliphatic rings. The summed E-state index contributed by atoms with van der Waals surface area (Å²) in [5.41, 5.74) is 1.33. The molecule has 0 fully saturated rings. The molecule has 0 heterocycles. The first-order valence-corrected chi connectivity index (χ1v) is 10.2. The van der Waals surface area contributed by atoms with Gasteiger partial charge in [-0.25, -0.2) is 5.84 Å². The molecule has 0 atom stereocenters. The summed E-state index contributed by atoms with van der Waals surface area (Å²) in [4.78, 5) is 12.0. The molecule has 0 aliphatic carbocycles. The smallest absolute Gasteiger partial charge is 0.317 e. The maximum absolute atomic E-state index is 12.4. The lowest BCUT2D eigenvalue weighted by Crippen LogP contribution is -2.45. The van der Waals surface area contributed by atoms with Crippen molar-refractivity contribution in [3.05, 3.63) is 59.7 Å². The number of benzene rings is 2. The zero-order valence-electron chi connectivity index (χ0n) is 14.4. The Kier molecular flexibility index (Phi) is 6.76. The molecule has 9 heteroatoms. The first-order valence-electron chi connectivity index (χ1n) is 7.64. The van der Waals surface area contributed by atoms with E-state index in [2.05, 4.69) is 15.9 Å². The summed E-state index contributed by atoms with van der Waals surface area (Å²) >= 11 is 3.10. The minimum absolute atomic E-state index is 0.0847. The molecule has 7 nitrogen and oxygen atoms in total. The number of hydrazine groups is 1. The second-order valence-electron chi connectivity index (χ2n) is 5.60. The second-order valence-corrected chi connectivity index (χ2v) is 8.18. The zero-order chi connectivity index (χ0) is 19.3. The molecule has 26 heavy (non-hydrogen) atoms. The molecular formula is C17H20BrN3O4S. The fourth-order valence-corrected chi connectivity index (χ4v) is 3.16. The molecule has 0 amide bonds. The molecule has 0 bridgehead atoms. The Bertz CT molecular complexity index is 873. The number of Topliss-reactive ketones (excluding diaryl/α,β-unsaturated/α-hetero) is 1. The van der Waals surface area contributed by atoms with Gasteiger partial charge in [0.2, 0.25) is 0 Å². The van der Waals surface area contributed by atoms with Crippen LogP contribution < -0.4 is 15.0 Å². The van der Waals surface area contributed by atoms with E-state index in [4.69, 9.17) is 10.6 Å². The lowest BCUT2D eigenvalue weighted by atomic mass is 10.1. The van der Waals surface area contributed by atoms with Crippen LogP contribution in [0, 0.1) is 0 Å². The number of halogens is 1. The quantitative estimate of drug-likeness (QED) is 0.293. The Morgan fingerprint density at radius 1 is 1.15 bits per heavy atom. The van der Waals surface area contributed by atoms with E-state index in [1.165, 1.54) is 20.2 Å². The minimum atomic E-state index is -3.94. The average Bonchev–Trinajstić information content (AvgIpc) is 2.65. The van der Waals surface area contributed by atoms with Gasteiger partial charge in [-0.3, -0.25) is 4.79 Å². The van der Waals surface area contributed by atoms with E-state index in [9.17, 15) is 13.2 Å². The molecule has 0 spiro atoms. The van der Waals surface area contributed by atoms with Gasteiger partial charge in [0.05, 0.1) is 5.33 Å². The Hall–Kier alpha value is -1.94. The highest BCUT2D eigenvalue weighted by atomic mass is 79.9. The lowest BCUT2D eigenvalue weighted by molar-refractivity contribution is 0.102. The monoisotopic (exact) mass is 441 g/mol. The number of hydrogen-bond acceptors (Lipinski definition) is 5. The average molecular weight is 442 g/mol. The molecule has 0 aliphatic heterocycles. The van der Waals surface area contributed by atoms with E-state index in [0.29, 0.717) is 9.98 Å². The minimum Gasteiger partial charge on any atom is -0.487 e. The standard InChI is InChI=1S/C17H20BrN3O4S/c1-20(2)26(23,24)21(19)15-10-14(16(22)11-18)8-9-17(15)25-12-13-6-4-3-5-7-13/h3-10H,11-12,19H2,1-2H3. The second kappa shape index (κ2) is 8.63. The van der Waals surface area contributed by atoms with Crippen LogP contribution in [0.2, 0.25) is 0 Å². The number of hydrogen-bond donors (Lipinski definition) is 1. The van der Waals surface area contributed by atoms with Crippen molar-refractivity contribution in [1.82, 2.24) is 4.31 Å². The maximum Gasteiger partial charge on any atom is 0.317 e.